The van der Waals surface area contributed by atoms with E-state index in [0.717, 1.165) is 25.9 Å². The van der Waals surface area contributed by atoms with Crippen LogP contribution in [-0.2, 0) is 14.6 Å². The summed E-state index contributed by atoms with van der Waals surface area (Å²) in [7, 11) is -2.86. The molecule has 3 N–H and O–H groups in total. The summed E-state index contributed by atoms with van der Waals surface area (Å²) >= 11 is 0. The Morgan fingerprint density at radius 3 is 2.17 bits per heavy atom. The van der Waals surface area contributed by atoms with Gasteiger partial charge in [0.25, 0.3) is 0 Å². The molecule has 1 rings (SSSR count). The minimum atomic E-state index is -2.86. The van der Waals surface area contributed by atoms with Crippen molar-refractivity contribution in [3.63, 3.8) is 0 Å². The lowest BCUT2D eigenvalue weighted by Gasteiger charge is -2.33. The highest BCUT2D eigenvalue weighted by molar-refractivity contribution is 7.91. The predicted octanol–water partition coefficient (Wildman–Crippen LogP) is 1.36. The van der Waals surface area contributed by atoms with Gasteiger partial charge in [-0.1, -0.05) is 13.8 Å². The zero-order valence-electron chi connectivity index (χ0n) is 19.5. The zero-order chi connectivity index (χ0) is 22.8. The third kappa shape index (κ3) is 9.97. The van der Waals surface area contributed by atoms with Gasteiger partial charge in [-0.3, -0.25) is 9.89 Å². The maximum absolute atomic E-state index is 12.3. The molecule has 0 aliphatic carbocycles. The third-order valence-corrected chi connectivity index (χ3v) is 6.77. The van der Waals surface area contributed by atoms with Gasteiger partial charge in [0, 0.05) is 32.7 Å². The number of guanidine groups is 1. The molecule has 1 aliphatic heterocycles. The van der Waals surface area contributed by atoms with E-state index in [-0.39, 0.29) is 11.5 Å². The van der Waals surface area contributed by atoms with E-state index in [2.05, 4.69) is 20.9 Å². The normalized spacial score (nSPS) is 18.0. The molecule has 1 fully saturated rings. The molecule has 0 aromatic rings. The number of sulfone groups is 1. The molecule has 1 heterocycles. The second-order valence-corrected chi connectivity index (χ2v) is 11.0. The van der Waals surface area contributed by atoms with E-state index in [1.807, 2.05) is 41.5 Å². The van der Waals surface area contributed by atoms with E-state index in [1.54, 1.807) is 0 Å². The highest BCUT2D eigenvalue weighted by atomic mass is 32.2. The molecule has 1 aliphatic rings. The molecule has 0 bridgehead atoms. The monoisotopic (exact) mass is 447 g/mol. The maximum atomic E-state index is 12.3. The number of nitrogens with zero attached hydrogens (tertiary/aromatic N) is 2. The number of aliphatic imine (C=N–C) groups is 1. The molecule has 0 spiro atoms. The second kappa shape index (κ2) is 11.7. The number of carbonyl (C=O) groups excluding carboxylic acids is 1. The van der Waals surface area contributed by atoms with E-state index in [4.69, 9.17) is 9.73 Å². The number of hydrogen-bond donors (Lipinski definition) is 3. The van der Waals surface area contributed by atoms with Gasteiger partial charge in [-0.25, -0.2) is 13.2 Å². The molecule has 9 nitrogen and oxygen atoms in total. The molecule has 0 radical (unpaired) electrons. The molecule has 0 atom stereocenters. The molecular formula is C20H41N5O4S. The Morgan fingerprint density at radius 1 is 1.07 bits per heavy atom. The third-order valence-electron chi connectivity index (χ3n) is 5.16. The summed E-state index contributed by atoms with van der Waals surface area (Å²) in [5.74, 6) is 1.14. The summed E-state index contributed by atoms with van der Waals surface area (Å²) in [5, 5.41) is 9.54. The Labute approximate surface area is 182 Å². The first kappa shape index (κ1) is 26.5. The topological polar surface area (TPSA) is 112 Å². The lowest BCUT2D eigenvalue weighted by Crippen LogP contribution is -2.52. The summed E-state index contributed by atoms with van der Waals surface area (Å²) in [4.78, 5) is 19.1. The minimum Gasteiger partial charge on any atom is -0.444 e. The summed E-state index contributed by atoms with van der Waals surface area (Å²) in [6, 6.07) is 0. The number of carbonyl (C=O) groups is 1. The maximum Gasteiger partial charge on any atom is 0.408 e. The summed E-state index contributed by atoms with van der Waals surface area (Å²) in [6.07, 6.45) is 1.03. The largest absolute Gasteiger partial charge is 0.444 e. The van der Waals surface area contributed by atoms with Gasteiger partial charge in [-0.05, 0) is 40.5 Å². The first-order valence-corrected chi connectivity index (χ1v) is 12.7. The number of amides is 1. The van der Waals surface area contributed by atoms with Gasteiger partial charge >= 0.3 is 6.09 Å². The first-order valence-electron chi connectivity index (χ1n) is 10.9. The number of rotatable bonds is 9. The molecule has 1 amide bonds. The van der Waals surface area contributed by atoms with E-state index in [9.17, 15) is 13.2 Å². The lowest BCUT2D eigenvalue weighted by atomic mass is 9.93. The minimum absolute atomic E-state index is 0.229. The highest BCUT2D eigenvalue weighted by Crippen LogP contribution is 2.17. The van der Waals surface area contributed by atoms with Gasteiger partial charge < -0.3 is 20.7 Å². The van der Waals surface area contributed by atoms with Gasteiger partial charge in [-0.15, -0.1) is 0 Å². The van der Waals surface area contributed by atoms with Crippen LogP contribution in [0.5, 0.6) is 0 Å². The van der Waals surface area contributed by atoms with Crippen molar-refractivity contribution < 1.29 is 17.9 Å². The van der Waals surface area contributed by atoms with Crippen molar-refractivity contribution in [3.05, 3.63) is 0 Å². The van der Waals surface area contributed by atoms with Crippen LogP contribution < -0.4 is 16.0 Å². The van der Waals surface area contributed by atoms with Crippen molar-refractivity contribution in [3.8, 4) is 0 Å². The van der Waals surface area contributed by atoms with Gasteiger partial charge in [0.2, 0.25) is 0 Å². The highest BCUT2D eigenvalue weighted by Gasteiger charge is 2.30. The molecule has 0 aromatic carbocycles. The standard InChI is InChI=1S/C20H41N5O4S/c1-7-20(8-2,24-18(26)29-19(4,5)6)16-23-17(21-9-3)22-10-11-25-12-14-30(27,28)15-13-25/h7-16H2,1-6H3,(H,24,26)(H2,21,22,23). The van der Waals surface area contributed by atoms with Crippen LogP contribution in [0.1, 0.15) is 54.4 Å². The van der Waals surface area contributed by atoms with Crippen molar-refractivity contribution in [1.29, 1.82) is 0 Å². The Hall–Kier alpha value is -1.55. The van der Waals surface area contributed by atoms with Gasteiger partial charge in [0.15, 0.2) is 15.8 Å². The number of alkyl carbamates (subject to hydrolysis) is 1. The Bertz CT molecular complexity index is 655. The smallest absolute Gasteiger partial charge is 0.408 e. The van der Waals surface area contributed by atoms with Crippen LogP contribution in [0.4, 0.5) is 4.79 Å². The predicted molar refractivity (Wildman–Crippen MR) is 122 cm³/mol. The Balaban J connectivity index is 2.65. The molecule has 10 heteroatoms. The summed E-state index contributed by atoms with van der Waals surface area (Å²) in [5.41, 5.74) is -1.03. The molecule has 176 valence electrons. The quantitative estimate of drug-likeness (QED) is 0.361. The fourth-order valence-electron chi connectivity index (χ4n) is 3.09. The number of ether oxygens (including phenoxy) is 1. The molecule has 1 saturated heterocycles. The van der Waals surface area contributed by atoms with Crippen molar-refractivity contribution in [1.82, 2.24) is 20.9 Å². The average molecular weight is 448 g/mol. The van der Waals surface area contributed by atoms with Crippen molar-refractivity contribution in [2.45, 2.75) is 65.5 Å². The fraction of sp³-hybridized carbons (Fsp3) is 0.900. The van der Waals surface area contributed by atoms with Crippen molar-refractivity contribution in [2.75, 3.05) is 50.8 Å². The SMILES string of the molecule is CCNC(=NCC(CC)(CC)NC(=O)OC(C)(C)C)NCCN1CCS(=O)(=O)CC1. The van der Waals surface area contributed by atoms with Crippen molar-refractivity contribution >= 4 is 21.9 Å². The van der Waals surface area contributed by atoms with Gasteiger partial charge in [0.1, 0.15) is 5.60 Å². The van der Waals surface area contributed by atoms with E-state index in [0.29, 0.717) is 32.1 Å². The van der Waals surface area contributed by atoms with Crippen LogP contribution in [0, 0.1) is 0 Å². The van der Waals surface area contributed by atoms with Crippen LogP contribution in [0.3, 0.4) is 0 Å². The molecular weight excluding hydrogens is 406 g/mol. The van der Waals surface area contributed by atoms with Crippen LogP contribution in [-0.4, -0.2) is 87.3 Å². The molecule has 0 saturated carbocycles. The Kier molecular flexibility index (Phi) is 10.4. The second-order valence-electron chi connectivity index (χ2n) is 8.73. The van der Waals surface area contributed by atoms with Gasteiger partial charge in [-0.2, -0.15) is 0 Å². The number of nitrogens with one attached hydrogen (secondary N) is 3. The molecule has 0 unspecified atom stereocenters. The van der Waals surface area contributed by atoms with E-state index in [1.165, 1.54) is 0 Å². The first-order chi connectivity index (χ1) is 13.9. The van der Waals surface area contributed by atoms with E-state index >= 15 is 0 Å². The summed E-state index contributed by atoms with van der Waals surface area (Å²) in [6.45, 7) is 15.3. The van der Waals surface area contributed by atoms with Crippen LogP contribution in [0.25, 0.3) is 0 Å². The Morgan fingerprint density at radius 2 is 1.67 bits per heavy atom. The molecule has 30 heavy (non-hydrogen) atoms. The lowest BCUT2D eigenvalue weighted by molar-refractivity contribution is 0.0452. The van der Waals surface area contributed by atoms with Crippen LogP contribution >= 0.6 is 0 Å². The van der Waals surface area contributed by atoms with E-state index < -0.39 is 27.1 Å². The van der Waals surface area contributed by atoms with Gasteiger partial charge in [0.05, 0.1) is 23.6 Å². The average Bonchev–Trinajstić information content (AvgIpc) is 2.64. The van der Waals surface area contributed by atoms with Crippen molar-refractivity contribution in [2.24, 2.45) is 4.99 Å². The fourth-order valence-corrected chi connectivity index (χ4v) is 4.37. The molecule has 0 aromatic heterocycles. The summed E-state index contributed by atoms with van der Waals surface area (Å²) < 4.78 is 28.5. The zero-order valence-corrected chi connectivity index (χ0v) is 20.3. The van der Waals surface area contributed by atoms with Crippen LogP contribution in [0.2, 0.25) is 0 Å². The van der Waals surface area contributed by atoms with Crippen LogP contribution in [0.15, 0.2) is 4.99 Å². The number of hydrogen-bond acceptors (Lipinski definition) is 6.